The van der Waals surface area contributed by atoms with Gasteiger partial charge in [-0.25, -0.2) is 9.59 Å². The average Bonchev–Trinajstić information content (AvgIpc) is 2.83. The molecule has 1 aliphatic rings. The van der Waals surface area contributed by atoms with E-state index in [0.29, 0.717) is 39.3 Å². The molecule has 2 amide bonds. The van der Waals surface area contributed by atoms with E-state index in [2.05, 4.69) is 10.6 Å². The van der Waals surface area contributed by atoms with Crippen molar-refractivity contribution in [3.63, 3.8) is 0 Å². The topological polar surface area (TPSA) is 83.1 Å². The van der Waals surface area contributed by atoms with Gasteiger partial charge in [0.2, 0.25) is 0 Å². The van der Waals surface area contributed by atoms with E-state index in [-0.39, 0.29) is 25.4 Å². The van der Waals surface area contributed by atoms with Gasteiger partial charge in [0, 0.05) is 52.4 Å². The van der Waals surface area contributed by atoms with E-state index in [0.717, 1.165) is 24.2 Å². The fourth-order valence-corrected chi connectivity index (χ4v) is 3.31. The first-order chi connectivity index (χ1) is 15.7. The summed E-state index contributed by atoms with van der Waals surface area (Å²) in [6.07, 6.45) is -0.771. The van der Waals surface area contributed by atoms with E-state index in [1.807, 2.05) is 60.7 Å². The van der Waals surface area contributed by atoms with Crippen molar-refractivity contribution in [3.05, 3.63) is 71.8 Å². The largest absolute Gasteiger partial charge is 0.445 e. The van der Waals surface area contributed by atoms with Crippen molar-refractivity contribution in [2.24, 2.45) is 0 Å². The molecule has 1 fully saturated rings. The van der Waals surface area contributed by atoms with Gasteiger partial charge < -0.3 is 29.9 Å². The summed E-state index contributed by atoms with van der Waals surface area (Å²) < 4.78 is 11.0. The molecule has 2 aromatic carbocycles. The van der Waals surface area contributed by atoms with Gasteiger partial charge in [-0.3, -0.25) is 0 Å². The molecule has 8 heteroatoms. The van der Waals surface area contributed by atoms with Gasteiger partial charge in [-0.1, -0.05) is 60.7 Å². The molecule has 0 aliphatic carbocycles. The van der Waals surface area contributed by atoms with Crippen LogP contribution in [-0.4, -0.2) is 74.3 Å². The molecule has 0 saturated carbocycles. The fraction of sp³-hybridized carbons (Fsp3) is 0.417. The van der Waals surface area contributed by atoms with Crippen molar-refractivity contribution >= 4 is 12.2 Å². The van der Waals surface area contributed by atoms with Crippen LogP contribution >= 0.6 is 0 Å². The highest BCUT2D eigenvalue weighted by Gasteiger charge is 2.20. The van der Waals surface area contributed by atoms with Crippen LogP contribution in [0, 0.1) is 0 Å². The predicted molar refractivity (Wildman–Crippen MR) is 122 cm³/mol. The normalized spacial score (nSPS) is 15.9. The zero-order valence-electron chi connectivity index (χ0n) is 18.4. The number of carbonyl (C=O) groups excluding carboxylic acids is 2. The Bertz CT molecular complexity index is 750. The van der Waals surface area contributed by atoms with Gasteiger partial charge >= 0.3 is 12.2 Å². The lowest BCUT2D eigenvalue weighted by Crippen LogP contribution is -2.47. The molecule has 0 radical (unpaired) electrons. The number of nitrogens with zero attached hydrogens (tertiary/aromatic N) is 2. The van der Waals surface area contributed by atoms with E-state index in [9.17, 15) is 9.59 Å². The number of hydrogen-bond donors (Lipinski definition) is 2. The number of ether oxygens (including phenoxy) is 2. The quantitative estimate of drug-likeness (QED) is 0.760. The number of hydrogen-bond acceptors (Lipinski definition) is 6. The summed E-state index contributed by atoms with van der Waals surface area (Å²) in [5, 5.41) is 6.63. The molecule has 1 saturated heterocycles. The Morgan fingerprint density at radius 3 is 1.44 bits per heavy atom. The van der Waals surface area contributed by atoms with Crippen LogP contribution in [0.3, 0.4) is 0 Å². The Balaban J connectivity index is 1.56. The highest BCUT2D eigenvalue weighted by atomic mass is 16.6. The van der Waals surface area contributed by atoms with Gasteiger partial charge in [-0.15, -0.1) is 0 Å². The molecule has 32 heavy (non-hydrogen) atoms. The summed E-state index contributed by atoms with van der Waals surface area (Å²) in [7, 11) is 0. The number of rotatable bonds is 4. The summed E-state index contributed by atoms with van der Waals surface area (Å²) >= 11 is 0. The van der Waals surface area contributed by atoms with Crippen molar-refractivity contribution in [1.82, 2.24) is 20.4 Å². The third-order valence-electron chi connectivity index (χ3n) is 5.16. The first-order valence-electron chi connectivity index (χ1n) is 11.0. The highest BCUT2D eigenvalue weighted by molar-refractivity contribution is 5.69. The van der Waals surface area contributed by atoms with Crippen molar-refractivity contribution in [2.75, 3.05) is 52.4 Å². The van der Waals surface area contributed by atoms with E-state index < -0.39 is 0 Å². The number of nitrogens with one attached hydrogen (secondary N) is 2. The van der Waals surface area contributed by atoms with E-state index in [1.54, 1.807) is 9.80 Å². The molecule has 0 aromatic heterocycles. The Labute approximate surface area is 189 Å². The first-order valence-corrected chi connectivity index (χ1v) is 11.0. The van der Waals surface area contributed by atoms with Crippen molar-refractivity contribution in [2.45, 2.75) is 13.2 Å². The van der Waals surface area contributed by atoms with Crippen LogP contribution in [0.25, 0.3) is 0 Å². The molecule has 0 bridgehead atoms. The minimum Gasteiger partial charge on any atom is -0.445 e. The molecule has 2 aromatic rings. The third kappa shape index (κ3) is 8.20. The van der Waals surface area contributed by atoms with Crippen LogP contribution in [0.15, 0.2) is 60.7 Å². The van der Waals surface area contributed by atoms with Gasteiger partial charge in [0.25, 0.3) is 0 Å². The van der Waals surface area contributed by atoms with Gasteiger partial charge in [0.15, 0.2) is 0 Å². The second-order valence-corrected chi connectivity index (χ2v) is 7.55. The SMILES string of the molecule is O=C(OCc1ccccc1)N1CCNCCNCCN(C(=O)OCc2ccccc2)CC1. The molecule has 0 spiro atoms. The summed E-state index contributed by atoms with van der Waals surface area (Å²) in [6, 6.07) is 19.2. The van der Waals surface area contributed by atoms with Crippen LogP contribution in [0.4, 0.5) is 9.59 Å². The van der Waals surface area contributed by atoms with Crippen LogP contribution in [-0.2, 0) is 22.7 Å². The monoisotopic (exact) mass is 440 g/mol. The van der Waals surface area contributed by atoms with Crippen molar-refractivity contribution in [1.29, 1.82) is 0 Å². The van der Waals surface area contributed by atoms with Crippen LogP contribution in [0.1, 0.15) is 11.1 Å². The Hall–Kier alpha value is -3.10. The van der Waals surface area contributed by atoms with Gasteiger partial charge in [0.05, 0.1) is 0 Å². The second-order valence-electron chi connectivity index (χ2n) is 7.55. The molecular formula is C24H32N4O4. The van der Waals surface area contributed by atoms with Gasteiger partial charge in [0.1, 0.15) is 13.2 Å². The fourth-order valence-electron chi connectivity index (χ4n) is 3.31. The third-order valence-corrected chi connectivity index (χ3v) is 5.16. The Morgan fingerprint density at radius 1 is 0.625 bits per heavy atom. The average molecular weight is 441 g/mol. The van der Waals surface area contributed by atoms with Crippen LogP contribution in [0.5, 0.6) is 0 Å². The predicted octanol–water partition coefficient (Wildman–Crippen LogP) is 2.46. The second kappa shape index (κ2) is 13.3. The molecule has 3 rings (SSSR count). The molecule has 0 atom stereocenters. The van der Waals surface area contributed by atoms with E-state index in [4.69, 9.17) is 9.47 Å². The minimum absolute atomic E-state index is 0.219. The summed E-state index contributed by atoms with van der Waals surface area (Å²) in [5.41, 5.74) is 1.87. The first kappa shape index (κ1) is 23.6. The van der Waals surface area contributed by atoms with Crippen LogP contribution in [0.2, 0.25) is 0 Å². The minimum atomic E-state index is -0.386. The molecule has 1 aliphatic heterocycles. The van der Waals surface area contributed by atoms with Crippen molar-refractivity contribution < 1.29 is 19.1 Å². The lowest BCUT2D eigenvalue weighted by molar-refractivity contribution is 0.0784. The van der Waals surface area contributed by atoms with Gasteiger partial charge in [-0.05, 0) is 11.1 Å². The molecule has 2 N–H and O–H groups in total. The maximum Gasteiger partial charge on any atom is 0.410 e. The maximum absolute atomic E-state index is 12.7. The number of amides is 2. The number of benzene rings is 2. The Morgan fingerprint density at radius 2 is 1.03 bits per heavy atom. The number of carbonyl (C=O) groups is 2. The standard InChI is InChI=1S/C24H32N4O4/c29-23(31-19-21-7-3-1-4-8-21)27-15-13-25-11-12-26-14-16-28(18-17-27)24(30)32-20-22-9-5-2-6-10-22/h1-10,25-26H,11-20H2. The molecule has 8 nitrogen and oxygen atoms in total. The Kier molecular flexibility index (Phi) is 9.82. The molecular weight excluding hydrogens is 408 g/mol. The summed E-state index contributed by atoms with van der Waals surface area (Å²) in [4.78, 5) is 28.7. The van der Waals surface area contributed by atoms with Crippen molar-refractivity contribution in [3.8, 4) is 0 Å². The summed E-state index contributed by atoms with van der Waals surface area (Å²) in [6.45, 7) is 5.05. The maximum atomic E-state index is 12.7. The molecule has 172 valence electrons. The summed E-state index contributed by atoms with van der Waals surface area (Å²) in [5.74, 6) is 0. The van der Waals surface area contributed by atoms with E-state index >= 15 is 0 Å². The van der Waals surface area contributed by atoms with Crippen LogP contribution < -0.4 is 10.6 Å². The smallest absolute Gasteiger partial charge is 0.410 e. The molecule has 1 heterocycles. The lowest BCUT2D eigenvalue weighted by Gasteiger charge is -2.28. The highest BCUT2D eigenvalue weighted by Crippen LogP contribution is 2.06. The zero-order chi connectivity index (χ0) is 22.4. The van der Waals surface area contributed by atoms with Gasteiger partial charge in [-0.2, -0.15) is 0 Å². The lowest BCUT2D eigenvalue weighted by atomic mass is 10.2. The molecule has 0 unspecified atom stereocenters. The zero-order valence-corrected chi connectivity index (χ0v) is 18.4. The van der Waals surface area contributed by atoms with E-state index in [1.165, 1.54) is 0 Å².